The van der Waals surface area contributed by atoms with E-state index >= 15 is 0 Å². The number of nitrogens with one attached hydrogen (secondary N) is 7. The maximum absolute atomic E-state index is 14.3. The van der Waals surface area contributed by atoms with Crippen LogP contribution in [0.3, 0.4) is 0 Å². The number of aromatic nitrogens is 1. The summed E-state index contributed by atoms with van der Waals surface area (Å²) in [7, 11) is 0. The van der Waals surface area contributed by atoms with E-state index in [1.165, 1.54) is 0 Å². The Hall–Kier alpha value is -5.97. The van der Waals surface area contributed by atoms with Crippen LogP contribution < -0.4 is 43.8 Å². The molecule has 0 fully saturated rings. The highest BCUT2D eigenvalue weighted by atomic mass is 35.5. The zero-order valence-electron chi connectivity index (χ0n) is 33.6. The predicted octanol–water partition coefficient (Wildman–Crippen LogP) is 2.42. The zero-order chi connectivity index (χ0) is 43.3. The van der Waals surface area contributed by atoms with E-state index in [9.17, 15) is 24.0 Å². The first kappa shape index (κ1) is 46.7. The molecule has 0 aliphatic rings. The second-order valence-electron chi connectivity index (χ2n) is 14.5. The molecular formula is C43H57ClN10O6. The number of fused-ring (bicyclic) bond motifs is 1. The van der Waals surface area contributed by atoms with Gasteiger partial charge in [-0.15, -0.1) is 0 Å². The van der Waals surface area contributed by atoms with Crippen molar-refractivity contribution in [1.82, 2.24) is 31.6 Å². The molecule has 0 radical (unpaired) electrons. The quantitative estimate of drug-likeness (QED) is 0.0252. The summed E-state index contributed by atoms with van der Waals surface area (Å²) in [5, 5.41) is 22.6. The highest BCUT2D eigenvalue weighted by molar-refractivity contribution is 6.30. The summed E-state index contributed by atoms with van der Waals surface area (Å²) >= 11 is 6.15. The molecule has 4 unspecified atom stereocenters. The first-order valence-electron chi connectivity index (χ1n) is 20.1. The molecule has 1 aromatic heterocycles. The number of guanidine groups is 1. The summed E-state index contributed by atoms with van der Waals surface area (Å²) in [5.41, 5.74) is 20.0. The molecule has 0 aliphatic carbocycles. The number of hydrogen-bond acceptors (Lipinski definition) is 8. The zero-order valence-corrected chi connectivity index (χ0v) is 34.4. The highest BCUT2D eigenvalue weighted by Crippen LogP contribution is 2.19. The molecule has 0 saturated heterocycles. The monoisotopic (exact) mass is 844 g/mol. The van der Waals surface area contributed by atoms with E-state index < -0.39 is 47.8 Å². The van der Waals surface area contributed by atoms with Crippen LogP contribution in [0.4, 0.5) is 0 Å². The van der Waals surface area contributed by atoms with Crippen molar-refractivity contribution < 1.29 is 28.7 Å². The van der Waals surface area contributed by atoms with Gasteiger partial charge in [-0.1, -0.05) is 85.1 Å². The van der Waals surface area contributed by atoms with Crippen molar-refractivity contribution in [3.8, 4) is 0 Å². The molecule has 0 bridgehead atoms. The maximum atomic E-state index is 14.3. The number of H-pyrrole nitrogens is 1. The van der Waals surface area contributed by atoms with E-state index in [2.05, 4.69) is 31.6 Å². The fourth-order valence-electron chi connectivity index (χ4n) is 6.53. The van der Waals surface area contributed by atoms with Crippen molar-refractivity contribution in [1.29, 1.82) is 5.41 Å². The van der Waals surface area contributed by atoms with Crippen molar-refractivity contribution in [3.05, 3.63) is 107 Å². The molecule has 4 atom stereocenters. The molecule has 3 aromatic carbocycles. The fraction of sp³-hybridized carbons (Fsp3) is 0.395. The molecule has 1 heterocycles. The highest BCUT2D eigenvalue weighted by Gasteiger charge is 2.32. The first-order valence-corrected chi connectivity index (χ1v) is 20.5. The van der Waals surface area contributed by atoms with Crippen LogP contribution in [-0.4, -0.2) is 84.3 Å². The first-order chi connectivity index (χ1) is 28.9. The van der Waals surface area contributed by atoms with E-state index in [-0.39, 0.29) is 63.7 Å². The standard InChI is InChI=1S/C43H57ClN10O6/c44-31-19-17-28(18-20-31)23-36(54-42(59)37(27-60-26-29-11-4-3-5-12-29)51-38(55)16-6-1-2-9-21-45)41(58)52-34(15-10-22-49-43(47)48)40(57)53-35(39(46)56)24-30-25-50-33-14-8-7-13-32(30)33/h3-5,7-8,11-14,17-20,25,34-37,50H,1-2,6,9-10,15-16,21-24,26-27,45H2,(H2,46,56)(H,51,55)(H,52,58)(H,53,57)(H,54,59)(H4,47,48,49). The minimum Gasteiger partial charge on any atom is -0.374 e. The molecule has 17 heteroatoms. The van der Waals surface area contributed by atoms with Gasteiger partial charge >= 0.3 is 0 Å². The minimum atomic E-state index is -1.24. The predicted molar refractivity (Wildman–Crippen MR) is 231 cm³/mol. The summed E-state index contributed by atoms with van der Waals surface area (Å²) in [4.78, 5) is 71.2. The average Bonchev–Trinajstić information content (AvgIpc) is 3.64. The van der Waals surface area contributed by atoms with Crippen LogP contribution in [-0.2, 0) is 48.2 Å². The number of amides is 5. The fourth-order valence-corrected chi connectivity index (χ4v) is 6.65. The van der Waals surface area contributed by atoms with Crippen LogP contribution in [0.25, 0.3) is 10.9 Å². The van der Waals surface area contributed by atoms with Crippen molar-refractivity contribution in [2.45, 2.75) is 88.6 Å². The Kier molecular flexibility index (Phi) is 19.3. The molecular weight excluding hydrogens is 788 g/mol. The van der Waals surface area contributed by atoms with E-state index in [0.29, 0.717) is 23.6 Å². The number of para-hydroxylation sites is 1. The average molecular weight is 845 g/mol. The van der Waals surface area contributed by atoms with Crippen molar-refractivity contribution in [3.63, 3.8) is 0 Å². The third kappa shape index (κ3) is 16.0. The summed E-state index contributed by atoms with van der Waals surface area (Å²) in [6, 6.07) is 18.8. The smallest absolute Gasteiger partial charge is 0.245 e. The number of carbonyl (C=O) groups is 5. The maximum Gasteiger partial charge on any atom is 0.245 e. The Morgan fingerprint density at radius 1 is 0.700 bits per heavy atom. The number of unbranched alkanes of at least 4 members (excludes halogenated alkanes) is 3. The van der Waals surface area contributed by atoms with Crippen LogP contribution >= 0.6 is 11.6 Å². The molecule has 0 spiro atoms. The molecule has 0 aliphatic heterocycles. The van der Waals surface area contributed by atoms with E-state index in [1.54, 1.807) is 30.5 Å². The SMILES string of the molecule is N=C(N)NCCCC(NC(=O)C(Cc1ccc(Cl)cc1)NC(=O)C(COCc1ccccc1)NC(=O)CCCCCCN)C(=O)NC(Cc1c[nH]c2ccccc12)C(N)=O. The van der Waals surface area contributed by atoms with Gasteiger partial charge in [0.2, 0.25) is 29.5 Å². The molecule has 13 N–H and O–H groups in total. The van der Waals surface area contributed by atoms with Crippen LogP contribution in [0.15, 0.2) is 85.1 Å². The molecule has 0 saturated carbocycles. The summed E-state index contributed by atoms with van der Waals surface area (Å²) < 4.78 is 5.89. The Balaban J connectivity index is 1.55. The number of hydrogen-bond donors (Lipinski definition) is 10. The number of aromatic amines is 1. The third-order valence-corrected chi connectivity index (χ3v) is 10.0. The number of nitrogens with two attached hydrogens (primary N) is 3. The van der Waals surface area contributed by atoms with E-state index in [4.69, 9.17) is 38.9 Å². The lowest BCUT2D eigenvalue weighted by Crippen LogP contribution is -2.59. The van der Waals surface area contributed by atoms with Crippen molar-refractivity contribution in [2.24, 2.45) is 17.2 Å². The second kappa shape index (κ2) is 24.8. The number of benzene rings is 3. The second-order valence-corrected chi connectivity index (χ2v) is 15.0. The van der Waals surface area contributed by atoms with Gasteiger partial charge in [-0.3, -0.25) is 29.4 Å². The van der Waals surface area contributed by atoms with Gasteiger partial charge < -0.3 is 53.5 Å². The number of carbonyl (C=O) groups excluding carboxylic acids is 5. The van der Waals surface area contributed by atoms with Gasteiger partial charge in [0.15, 0.2) is 5.96 Å². The van der Waals surface area contributed by atoms with Gasteiger partial charge in [-0.25, -0.2) is 0 Å². The van der Waals surface area contributed by atoms with Gasteiger partial charge in [0.1, 0.15) is 24.2 Å². The summed E-state index contributed by atoms with van der Waals surface area (Å²) in [5.74, 6) is -3.45. The largest absolute Gasteiger partial charge is 0.374 e. The van der Waals surface area contributed by atoms with E-state index in [0.717, 1.165) is 41.3 Å². The van der Waals surface area contributed by atoms with Crippen molar-refractivity contribution in [2.75, 3.05) is 19.7 Å². The van der Waals surface area contributed by atoms with Gasteiger partial charge in [-0.05, 0) is 67.1 Å². The van der Waals surface area contributed by atoms with Crippen LogP contribution in [0.1, 0.15) is 61.6 Å². The van der Waals surface area contributed by atoms with E-state index in [1.807, 2.05) is 54.6 Å². The molecule has 322 valence electrons. The van der Waals surface area contributed by atoms with Crippen molar-refractivity contribution >= 4 is 58.0 Å². The lowest BCUT2D eigenvalue weighted by Gasteiger charge is -2.26. The summed E-state index contributed by atoms with van der Waals surface area (Å²) in [6.07, 6.45) is 5.50. The Morgan fingerprint density at radius 3 is 2.07 bits per heavy atom. The Labute approximate surface area is 355 Å². The summed E-state index contributed by atoms with van der Waals surface area (Å²) in [6.45, 7) is 0.774. The Bertz CT molecular complexity index is 2010. The van der Waals surface area contributed by atoms with Gasteiger partial charge in [0, 0.05) is 47.9 Å². The van der Waals surface area contributed by atoms with Crippen LogP contribution in [0.2, 0.25) is 5.02 Å². The molecule has 4 aromatic rings. The normalized spacial score (nSPS) is 13.0. The lowest BCUT2D eigenvalue weighted by atomic mass is 10.0. The van der Waals surface area contributed by atoms with Crippen LogP contribution in [0.5, 0.6) is 0 Å². The van der Waals surface area contributed by atoms with Gasteiger partial charge in [0.05, 0.1) is 13.2 Å². The number of primary amides is 1. The third-order valence-electron chi connectivity index (χ3n) is 9.77. The topological polar surface area (TPSA) is 272 Å². The van der Waals surface area contributed by atoms with Gasteiger partial charge in [-0.2, -0.15) is 0 Å². The molecule has 60 heavy (non-hydrogen) atoms. The number of ether oxygens (including phenoxy) is 1. The van der Waals surface area contributed by atoms with Crippen LogP contribution in [0, 0.1) is 5.41 Å². The number of rotatable bonds is 26. The number of halogens is 1. The lowest BCUT2D eigenvalue weighted by molar-refractivity contribution is -0.135. The molecule has 5 amide bonds. The Morgan fingerprint density at radius 2 is 1.35 bits per heavy atom. The molecule has 4 rings (SSSR count). The van der Waals surface area contributed by atoms with Gasteiger partial charge in [0.25, 0.3) is 0 Å². The minimum absolute atomic E-state index is 0.00781. The molecule has 16 nitrogen and oxygen atoms in total.